The number of esters is 1. The summed E-state index contributed by atoms with van der Waals surface area (Å²) >= 11 is 0. The average Bonchev–Trinajstić information content (AvgIpc) is 3.45. The lowest BCUT2D eigenvalue weighted by Crippen LogP contribution is -2.39. The van der Waals surface area contributed by atoms with Crippen LogP contribution < -0.4 is 4.90 Å². The van der Waals surface area contributed by atoms with Crippen LogP contribution in [0.3, 0.4) is 0 Å². The Hall–Kier alpha value is -3.79. The molecule has 0 saturated carbocycles. The van der Waals surface area contributed by atoms with Gasteiger partial charge in [0.05, 0.1) is 0 Å². The first-order valence-corrected chi connectivity index (χ1v) is 9.28. The maximum atomic E-state index is 12.9. The summed E-state index contributed by atoms with van der Waals surface area (Å²) in [6, 6.07) is 13.3. The number of fused-ring (bicyclic) bond motifs is 1. The van der Waals surface area contributed by atoms with E-state index in [4.69, 9.17) is 9.15 Å². The monoisotopic (exact) mass is 389 g/mol. The predicted octanol–water partition coefficient (Wildman–Crippen LogP) is 3.39. The molecule has 0 spiro atoms. The van der Waals surface area contributed by atoms with Gasteiger partial charge in [0.2, 0.25) is 5.88 Å². The smallest absolute Gasteiger partial charge is 0.343 e. The van der Waals surface area contributed by atoms with Gasteiger partial charge in [0.15, 0.2) is 6.10 Å². The van der Waals surface area contributed by atoms with Gasteiger partial charge in [-0.25, -0.2) is 4.79 Å². The first kappa shape index (κ1) is 18.6. The molecule has 1 aliphatic rings. The molecule has 1 aliphatic heterocycles. The van der Waals surface area contributed by atoms with Crippen molar-refractivity contribution in [2.75, 3.05) is 11.4 Å². The number of nitrogens with zero attached hydrogens (tertiary/aromatic N) is 3. The summed E-state index contributed by atoms with van der Waals surface area (Å²) in [7, 11) is 0. The van der Waals surface area contributed by atoms with Crippen molar-refractivity contribution in [3.63, 3.8) is 0 Å². The first-order chi connectivity index (χ1) is 14.0. The van der Waals surface area contributed by atoms with Crippen molar-refractivity contribution in [3.05, 3.63) is 71.2 Å². The largest absolute Gasteiger partial charge is 0.449 e. The van der Waals surface area contributed by atoms with E-state index in [0.29, 0.717) is 6.54 Å². The molecule has 1 aromatic carbocycles. The number of hydrogen-bond acceptors (Lipinski definition) is 5. The van der Waals surface area contributed by atoms with E-state index in [1.807, 2.05) is 30.3 Å². The Morgan fingerprint density at radius 1 is 1.21 bits per heavy atom. The highest BCUT2D eigenvalue weighted by Gasteiger charge is 2.32. The van der Waals surface area contributed by atoms with Crippen molar-refractivity contribution in [2.45, 2.75) is 26.4 Å². The van der Waals surface area contributed by atoms with Crippen LogP contribution in [0.5, 0.6) is 0 Å². The number of anilines is 1. The number of hydrogen-bond donors (Lipinski definition) is 0. The van der Waals surface area contributed by atoms with Gasteiger partial charge in [0.1, 0.15) is 23.0 Å². The molecule has 7 heteroatoms. The maximum Gasteiger partial charge on any atom is 0.343 e. The molecule has 1 amide bonds. The lowest BCUT2D eigenvalue weighted by molar-refractivity contribution is -0.126. The standard InChI is InChI=1S/C22H19N3O4/c1-14-19(17(13-23)21(28-14)24-10-5-6-11-24)22(27)29-15(2)20(26)25-12-9-16-7-3-4-8-18(16)25/h3-8,10-11,15H,9,12H2,1-2H3/t15-/m0/s1. The minimum absolute atomic E-state index is 0.0395. The number of nitriles is 1. The van der Waals surface area contributed by atoms with Gasteiger partial charge >= 0.3 is 5.97 Å². The molecule has 4 rings (SSSR count). The first-order valence-electron chi connectivity index (χ1n) is 9.28. The fourth-order valence-corrected chi connectivity index (χ4v) is 3.59. The highest BCUT2D eigenvalue weighted by Crippen LogP contribution is 2.29. The average molecular weight is 389 g/mol. The fraction of sp³-hybridized carbons (Fsp3) is 0.227. The van der Waals surface area contributed by atoms with Gasteiger partial charge in [0.25, 0.3) is 5.91 Å². The van der Waals surface area contributed by atoms with E-state index in [9.17, 15) is 14.9 Å². The summed E-state index contributed by atoms with van der Waals surface area (Å²) in [6.07, 6.45) is 3.20. The second-order valence-corrected chi connectivity index (χ2v) is 6.83. The molecular formula is C22H19N3O4. The Balaban J connectivity index is 1.56. The van der Waals surface area contributed by atoms with E-state index in [-0.39, 0.29) is 28.7 Å². The van der Waals surface area contributed by atoms with Gasteiger partial charge in [-0.05, 0) is 44.0 Å². The molecule has 0 fully saturated rings. The number of benzene rings is 1. The zero-order valence-corrected chi connectivity index (χ0v) is 16.1. The summed E-state index contributed by atoms with van der Waals surface area (Å²) in [5.41, 5.74) is 2.05. The molecule has 1 atom stereocenters. The summed E-state index contributed by atoms with van der Waals surface area (Å²) in [4.78, 5) is 27.3. The third-order valence-electron chi connectivity index (χ3n) is 5.01. The molecule has 0 N–H and O–H groups in total. The van der Waals surface area contributed by atoms with E-state index in [1.54, 1.807) is 40.9 Å². The fourth-order valence-electron chi connectivity index (χ4n) is 3.59. The zero-order chi connectivity index (χ0) is 20.5. The number of rotatable bonds is 4. The zero-order valence-electron chi connectivity index (χ0n) is 16.1. The summed E-state index contributed by atoms with van der Waals surface area (Å²) in [6.45, 7) is 3.68. The maximum absolute atomic E-state index is 12.9. The quantitative estimate of drug-likeness (QED) is 0.638. The van der Waals surface area contributed by atoms with Gasteiger partial charge < -0.3 is 14.1 Å². The van der Waals surface area contributed by atoms with Gasteiger partial charge in [-0.2, -0.15) is 5.26 Å². The molecule has 3 heterocycles. The third-order valence-corrected chi connectivity index (χ3v) is 5.01. The Kier molecular flexibility index (Phi) is 4.69. The highest BCUT2D eigenvalue weighted by atomic mass is 16.5. The number of aryl methyl sites for hydroxylation is 1. The molecule has 3 aromatic rings. The third kappa shape index (κ3) is 3.19. The van der Waals surface area contributed by atoms with Crippen LogP contribution in [0.1, 0.15) is 34.2 Å². The Bertz CT molecular complexity index is 1120. The second kappa shape index (κ2) is 7.32. The van der Waals surface area contributed by atoms with Gasteiger partial charge in [-0.1, -0.05) is 18.2 Å². The molecule has 7 nitrogen and oxygen atoms in total. The van der Waals surface area contributed by atoms with Gasteiger partial charge in [-0.15, -0.1) is 0 Å². The van der Waals surface area contributed by atoms with Crippen molar-refractivity contribution in [2.24, 2.45) is 0 Å². The number of carbonyl (C=O) groups is 2. The number of amides is 1. The molecule has 0 radical (unpaired) electrons. The lowest BCUT2D eigenvalue weighted by atomic mass is 10.1. The normalized spacial score (nSPS) is 13.6. The van der Waals surface area contributed by atoms with Crippen molar-refractivity contribution in [3.8, 4) is 12.0 Å². The Morgan fingerprint density at radius 3 is 2.66 bits per heavy atom. The van der Waals surface area contributed by atoms with Crippen LogP contribution in [0.15, 0.2) is 53.2 Å². The van der Waals surface area contributed by atoms with Crippen LogP contribution in [0.4, 0.5) is 5.69 Å². The summed E-state index contributed by atoms with van der Waals surface area (Å²) in [5.74, 6) is -0.543. The van der Waals surface area contributed by atoms with Gasteiger partial charge in [0, 0.05) is 24.6 Å². The second-order valence-electron chi connectivity index (χ2n) is 6.83. The SMILES string of the molecule is Cc1oc(-n2cccc2)c(C#N)c1C(=O)O[C@@H](C)C(=O)N1CCc2ccccc21. The Labute approximate surface area is 167 Å². The summed E-state index contributed by atoms with van der Waals surface area (Å²) in [5, 5.41) is 9.58. The van der Waals surface area contributed by atoms with Gasteiger partial charge in [-0.3, -0.25) is 9.36 Å². The lowest BCUT2D eigenvalue weighted by Gasteiger charge is -2.21. The molecule has 2 aromatic heterocycles. The molecular weight excluding hydrogens is 370 g/mol. The van der Waals surface area contributed by atoms with E-state index in [1.165, 1.54) is 6.92 Å². The molecule has 0 saturated heterocycles. The van der Waals surface area contributed by atoms with Crippen LogP contribution in [0.25, 0.3) is 5.88 Å². The van der Waals surface area contributed by atoms with Crippen LogP contribution in [0.2, 0.25) is 0 Å². The summed E-state index contributed by atoms with van der Waals surface area (Å²) < 4.78 is 12.7. The molecule has 29 heavy (non-hydrogen) atoms. The number of carbonyl (C=O) groups excluding carboxylic acids is 2. The minimum Gasteiger partial charge on any atom is -0.449 e. The van der Waals surface area contributed by atoms with Crippen LogP contribution in [0, 0.1) is 18.3 Å². The minimum atomic E-state index is -0.996. The van der Waals surface area contributed by atoms with E-state index in [2.05, 4.69) is 0 Å². The topological polar surface area (TPSA) is 88.5 Å². The van der Waals surface area contributed by atoms with Crippen LogP contribution in [-0.4, -0.2) is 29.1 Å². The van der Waals surface area contributed by atoms with Crippen LogP contribution >= 0.6 is 0 Å². The molecule has 0 bridgehead atoms. The predicted molar refractivity (Wildman–Crippen MR) is 105 cm³/mol. The van der Waals surface area contributed by atoms with Crippen molar-refractivity contribution >= 4 is 17.6 Å². The molecule has 0 aliphatic carbocycles. The highest BCUT2D eigenvalue weighted by molar-refractivity contribution is 6.01. The Morgan fingerprint density at radius 2 is 1.93 bits per heavy atom. The van der Waals surface area contributed by atoms with E-state index < -0.39 is 12.1 Å². The van der Waals surface area contributed by atoms with E-state index in [0.717, 1.165) is 17.7 Å². The number of ether oxygens (including phenoxy) is 1. The van der Waals surface area contributed by atoms with Crippen molar-refractivity contribution in [1.82, 2.24) is 4.57 Å². The number of para-hydroxylation sites is 1. The van der Waals surface area contributed by atoms with Crippen LogP contribution in [-0.2, 0) is 16.0 Å². The molecule has 146 valence electrons. The van der Waals surface area contributed by atoms with Crippen molar-refractivity contribution < 1.29 is 18.7 Å². The molecule has 0 unspecified atom stereocenters. The van der Waals surface area contributed by atoms with Crippen molar-refractivity contribution in [1.29, 1.82) is 5.26 Å². The number of furan rings is 1. The van der Waals surface area contributed by atoms with E-state index >= 15 is 0 Å². The number of aromatic nitrogens is 1.